The van der Waals surface area contributed by atoms with Crippen molar-refractivity contribution in [3.63, 3.8) is 0 Å². The van der Waals surface area contributed by atoms with Crippen LogP contribution in [0.15, 0.2) is 18.3 Å². The van der Waals surface area contributed by atoms with Crippen molar-refractivity contribution < 1.29 is 0 Å². The van der Waals surface area contributed by atoms with E-state index in [9.17, 15) is 0 Å². The van der Waals surface area contributed by atoms with Crippen LogP contribution in [-0.4, -0.2) is 35.6 Å². The summed E-state index contributed by atoms with van der Waals surface area (Å²) in [6.07, 6.45) is 8.50. The molecule has 1 atom stereocenters. The van der Waals surface area contributed by atoms with Gasteiger partial charge in [-0.2, -0.15) is 0 Å². The van der Waals surface area contributed by atoms with Crippen molar-refractivity contribution in [2.75, 3.05) is 19.6 Å². The average Bonchev–Trinajstić information content (AvgIpc) is 2.51. The second kappa shape index (κ2) is 6.88. The maximum atomic E-state index is 5.92. The number of nitrogens with zero attached hydrogens (tertiary/aromatic N) is 2. The molecule has 20 heavy (non-hydrogen) atoms. The van der Waals surface area contributed by atoms with E-state index < -0.39 is 0 Å². The molecule has 1 N–H and O–H groups in total. The van der Waals surface area contributed by atoms with E-state index in [2.05, 4.69) is 21.3 Å². The van der Waals surface area contributed by atoms with Crippen LogP contribution >= 0.6 is 11.6 Å². The number of hydrogen-bond donors (Lipinski definition) is 1. The number of halogens is 1. The van der Waals surface area contributed by atoms with Gasteiger partial charge in [-0.1, -0.05) is 18.0 Å². The minimum atomic E-state index is 0.724. The molecule has 2 aliphatic heterocycles. The first-order valence-corrected chi connectivity index (χ1v) is 8.26. The van der Waals surface area contributed by atoms with Gasteiger partial charge in [0.05, 0.1) is 10.7 Å². The van der Waals surface area contributed by atoms with Crippen molar-refractivity contribution in [2.45, 2.75) is 44.7 Å². The number of piperidine rings is 2. The van der Waals surface area contributed by atoms with Crippen LogP contribution in [0, 0.1) is 5.92 Å². The van der Waals surface area contributed by atoms with Crippen molar-refractivity contribution in [1.29, 1.82) is 0 Å². The van der Waals surface area contributed by atoms with Crippen molar-refractivity contribution in [2.24, 2.45) is 5.92 Å². The zero-order valence-corrected chi connectivity index (χ0v) is 12.8. The molecular formula is C16H24ClN3. The number of rotatable bonds is 3. The maximum Gasteiger partial charge on any atom is 0.0589 e. The Morgan fingerprint density at radius 1 is 1.20 bits per heavy atom. The molecule has 1 aromatic rings. The normalized spacial score (nSPS) is 25.8. The smallest absolute Gasteiger partial charge is 0.0589 e. The molecule has 0 saturated carbocycles. The third kappa shape index (κ3) is 3.51. The number of nitrogens with one attached hydrogen (secondary N) is 1. The third-order valence-electron chi connectivity index (χ3n) is 4.75. The molecule has 1 aromatic heterocycles. The summed E-state index contributed by atoms with van der Waals surface area (Å²) in [6.45, 7) is 4.58. The lowest BCUT2D eigenvalue weighted by atomic mass is 9.84. The Morgan fingerprint density at radius 3 is 2.80 bits per heavy atom. The van der Waals surface area contributed by atoms with Gasteiger partial charge >= 0.3 is 0 Å². The first-order chi connectivity index (χ1) is 9.83. The first kappa shape index (κ1) is 14.3. The Bertz CT molecular complexity index is 414. The largest absolute Gasteiger partial charge is 0.317 e. The van der Waals surface area contributed by atoms with Gasteiger partial charge in [0.25, 0.3) is 0 Å². The Hall–Kier alpha value is -0.640. The highest BCUT2D eigenvalue weighted by atomic mass is 35.5. The zero-order valence-electron chi connectivity index (χ0n) is 12.0. The topological polar surface area (TPSA) is 28.2 Å². The highest BCUT2D eigenvalue weighted by molar-refractivity contribution is 6.30. The lowest BCUT2D eigenvalue weighted by Crippen LogP contribution is -2.46. The van der Waals surface area contributed by atoms with Gasteiger partial charge in [-0.3, -0.25) is 9.88 Å². The van der Waals surface area contributed by atoms with E-state index in [1.807, 2.05) is 6.07 Å². The van der Waals surface area contributed by atoms with Crippen LogP contribution in [0.5, 0.6) is 0 Å². The molecule has 2 saturated heterocycles. The Morgan fingerprint density at radius 2 is 2.05 bits per heavy atom. The quantitative estimate of drug-likeness (QED) is 0.928. The minimum absolute atomic E-state index is 0.724. The molecular weight excluding hydrogens is 270 g/mol. The van der Waals surface area contributed by atoms with Crippen molar-refractivity contribution in [1.82, 2.24) is 15.2 Å². The molecule has 4 heteroatoms. The summed E-state index contributed by atoms with van der Waals surface area (Å²) in [5.74, 6) is 0.865. The third-order valence-corrected chi connectivity index (χ3v) is 4.97. The Labute approximate surface area is 126 Å². The molecule has 2 aliphatic rings. The van der Waals surface area contributed by atoms with Crippen LogP contribution < -0.4 is 5.32 Å². The highest BCUT2D eigenvalue weighted by Crippen LogP contribution is 2.29. The monoisotopic (exact) mass is 293 g/mol. The fraction of sp³-hybridized carbons (Fsp3) is 0.688. The second-order valence-electron chi connectivity index (χ2n) is 6.09. The van der Waals surface area contributed by atoms with E-state index in [1.54, 1.807) is 6.20 Å². The van der Waals surface area contributed by atoms with Crippen molar-refractivity contribution in [3.05, 3.63) is 29.0 Å². The van der Waals surface area contributed by atoms with Crippen LogP contribution in [-0.2, 0) is 6.54 Å². The number of hydrogen-bond acceptors (Lipinski definition) is 3. The number of likely N-dealkylation sites (tertiary alicyclic amines) is 1. The summed E-state index contributed by atoms with van der Waals surface area (Å²) in [4.78, 5) is 7.13. The molecule has 0 radical (unpaired) electrons. The van der Waals surface area contributed by atoms with E-state index in [0.29, 0.717) is 0 Å². The molecule has 0 amide bonds. The van der Waals surface area contributed by atoms with Crippen LogP contribution in [0.2, 0.25) is 5.02 Å². The summed E-state index contributed by atoms with van der Waals surface area (Å²) in [7, 11) is 0. The van der Waals surface area contributed by atoms with Crippen LogP contribution in [0.25, 0.3) is 0 Å². The van der Waals surface area contributed by atoms with Gasteiger partial charge < -0.3 is 5.32 Å². The maximum absolute atomic E-state index is 5.92. The Balaban J connectivity index is 1.66. The Kier molecular flexibility index (Phi) is 4.92. The summed E-state index contributed by atoms with van der Waals surface area (Å²) in [5.41, 5.74) is 1.15. The first-order valence-electron chi connectivity index (χ1n) is 7.88. The van der Waals surface area contributed by atoms with E-state index in [1.165, 1.54) is 51.7 Å². The second-order valence-corrected chi connectivity index (χ2v) is 6.53. The van der Waals surface area contributed by atoms with Gasteiger partial charge in [0.15, 0.2) is 0 Å². The van der Waals surface area contributed by atoms with Gasteiger partial charge in [0.1, 0.15) is 0 Å². The standard InChI is InChI=1S/C16H24ClN3/c17-14-4-5-15(19-11-14)12-20-10-2-1-3-16(20)13-6-8-18-9-7-13/h4-5,11,13,16,18H,1-3,6-10,12H2. The fourth-order valence-corrected chi connectivity index (χ4v) is 3.80. The molecule has 3 rings (SSSR count). The summed E-state index contributed by atoms with van der Waals surface area (Å²) in [6, 6.07) is 4.77. The predicted octanol–water partition coefficient (Wildman–Crippen LogP) is 3.09. The summed E-state index contributed by atoms with van der Waals surface area (Å²) in [5, 5.41) is 4.20. The molecule has 110 valence electrons. The van der Waals surface area contributed by atoms with E-state index in [0.717, 1.165) is 29.2 Å². The highest BCUT2D eigenvalue weighted by Gasteiger charge is 2.30. The zero-order chi connectivity index (χ0) is 13.8. The van der Waals surface area contributed by atoms with Gasteiger partial charge in [0.2, 0.25) is 0 Å². The molecule has 2 fully saturated rings. The van der Waals surface area contributed by atoms with Crippen molar-refractivity contribution >= 4 is 11.6 Å². The average molecular weight is 294 g/mol. The van der Waals surface area contributed by atoms with Gasteiger partial charge in [-0.05, 0) is 63.4 Å². The van der Waals surface area contributed by atoms with Gasteiger partial charge in [0, 0.05) is 18.8 Å². The van der Waals surface area contributed by atoms with E-state index in [-0.39, 0.29) is 0 Å². The molecule has 0 spiro atoms. The molecule has 1 unspecified atom stereocenters. The fourth-order valence-electron chi connectivity index (χ4n) is 3.68. The molecule has 0 bridgehead atoms. The predicted molar refractivity (Wildman–Crippen MR) is 82.9 cm³/mol. The number of pyridine rings is 1. The van der Waals surface area contributed by atoms with Crippen LogP contribution in [0.4, 0.5) is 0 Å². The van der Waals surface area contributed by atoms with Gasteiger partial charge in [-0.15, -0.1) is 0 Å². The van der Waals surface area contributed by atoms with Gasteiger partial charge in [-0.25, -0.2) is 0 Å². The van der Waals surface area contributed by atoms with Crippen molar-refractivity contribution in [3.8, 4) is 0 Å². The number of aromatic nitrogens is 1. The van der Waals surface area contributed by atoms with E-state index >= 15 is 0 Å². The van der Waals surface area contributed by atoms with E-state index in [4.69, 9.17) is 11.6 Å². The molecule has 0 aliphatic carbocycles. The van der Waals surface area contributed by atoms with Crippen LogP contribution in [0.3, 0.4) is 0 Å². The molecule has 0 aromatic carbocycles. The molecule has 3 nitrogen and oxygen atoms in total. The summed E-state index contributed by atoms with van der Waals surface area (Å²) < 4.78 is 0. The lowest BCUT2D eigenvalue weighted by molar-refractivity contribution is 0.0767. The molecule has 3 heterocycles. The lowest BCUT2D eigenvalue weighted by Gasteiger charge is -2.42. The van der Waals surface area contributed by atoms with Crippen LogP contribution in [0.1, 0.15) is 37.8 Å². The SMILES string of the molecule is Clc1ccc(CN2CCCCC2C2CCNCC2)nc1. The summed E-state index contributed by atoms with van der Waals surface area (Å²) >= 11 is 5.92. The minimum Gasteiger partial charge on any atom is -0.317 e.